The second kappa shape index (κ2) is 3.95. The molecule has 0 bridgehead atoms. The molecule has 0 aliphatic heterocycles. The topological polar surface area (TPSA) is 50.2 Å². The van der Waals surface area contributed by atoms with E-state index in [0.717, 1.165) is 19.3 Å². The van der Waals surface area contributed by atoms with Crippen LogP contribution in [0.15, 0.2) is 12.2 Å². The Morgan fingerprint density at radius 1 is 1.71 bits per heavy atom. The van der Waals surface area contributed by atoms with Crippen molar-refractivity contribution in [3.63, 3.8) is 0 Å². The first kappa shape index (κ1) is 11.0. The van der Waals surface area contributed by atoms with Crippen LogP contribution < -0.4 is 0 Å². The number of hydrogen-bond donors (Lipinski definition) is 1. The van der Waals surface area contributed by atoms with Gasteiger partial charge in [0, 0.05) is 5.71 Å². The van der Waals surface area contributed by atoms with E-state index in [1.807, 2.05) is 6.92 Å². The smallest absolute Gasteiger partial charge is 0.316 e. The van der Waals surface area contributed by atoms with Gasteiger partial charge in [-0.25, -0.2) is 0 Å². The van der Waals surface area contributed by atoms with E-state index < -0.39 is 5.41 Å². The van der Waals surface area contributed by atoms with E-state index in [2.05, 4.69) is 6.58 Å². The molecule has 3 heteroatoms. The van der Waals surface area contributed by atoms with Crippen LogP contribution in [0, 0.1) is 10.8 Å². The Labute approximate surface area is 84.7 Å². The summed E-state index contributed by atoms with van der Waals surface area (Å²) in [5.74, 6) is -0.241. The molecule has 0 aromatic heterocycles. The van der Waals surface area contributed by atoms with Gasteiger partial charge in [0.25, 0.3) is 0 Å². The van der Waals surface area contributed by atoms with E-state index >= 15 is 0 Å². The molecule has 0 aromatic rings. The minimum atomic E-state index is -0.661. The van der Waals surface area contributed by atoms with Crippen LogP contribution in [0.25, 0.3) is 0 Å². The molecule has 78 valence electrons. The van der Waals surface area contributed by atoms with Gasteiger partial charge in [0.1, 0.15) is 0 Å². The Morgan fingerprint density at radius 2 is 2.36 bits per heavy atom. The number of hydrogen-bond acceptors (Lipinski definition) is 3. The third-order valence-corrected chi connectivity index (χ3v) is 2.86. The van der Waals surface area contributed by atoms with Crippen molar-refractivity contribution in [2.24, 2.45) is 5.41 Å². The Hall–Kier alpha value is -1.12. The van der Waals surface area contributed by atoms with E-state index in [-0.39, 0.29) is 5.97 Å². The van der Waals surface area contributed by atoms with Gasteiger partial charge in [-0.3, -0.25) is 4.79 Å². The highest BCUT2D eigenvalue weighted by Crippen LogP contribution is 2.38. The maximum atomic E-state index is 11.7. The monoisotopic (exact) mass is 195 g/mol. The largest absolute Gasteiger partial charge is 0.465 e. The molecule has 14 heavy (non-hydrogen) atoms. The van der Waals surface area contributed by atoms with Crippen molar-refractivity contribution in [1.29, 1.82) is 5.41 Å². The van der Waals surface area contributed by atoms with Gasteiger partial charge >= 0.3 is 5.97 Å². The van der Waals surface area contributed by atoms with Crippen LogP contribution in [0.1, 0.15) is 33.1 Å². The lowest BCUT2D eigenvalue weighted by molar-refractivity contribution is -0.152. The van der Waals surface area contributed by atoms with E-state index in [0.29, 0.717) is 17.9 Å². The molecule has 0 aromatic carbocycles. The summed E-state index contributed by atoms with van der Waals surface area (Å²) in [6.07, 6.45) is 2.34. The molecule has 0 spiro atoms. The molecule has 1 N–H and O–H groups in total. The molecule has 0 amide bonds. The molecule has 1 atom stereocenters. The van der Waals surface area contributed by atoms with Crippen LogP contribution in [0.2, 0.25) is 0 Å². The van der Waals surface area contributed by atoms with Crippen molar-refractivity contribution in [2.75, 3.05) is 6.61 Å². The van der Waals surface area contributed by atoms with Gasteiger partial charge in [-0.1, -0.05) is 6.58 Å². The van der Waals surface area contributed by atoms with Crippen LogP contribution in [0.5, 0.6) is 0 Å². The molecular formula is C11H17NO2. The van der Waals surface area contributed by atoms with Crippen LogP contribution in [-0.2, 0) is 9.53 Å². The van der Waals surface area contributed by atoms with Crippen molar-refractivity contribution in [2.45, 2.75) is 33.1 Å². The molecule has 1 aliphatic rings. The Balaban J connectivity index is 2.86. The number of carbonyl (C=O) groups excluding carboxylic acids is 1. The van der Waals surface area contributed by atoms with E-state index in [9.17, 15) is 4.79 Å². The van der Waals surface area contributed by atoms with Crippen molar-refractivity contribution in [1.82, 2.24) is 0 Å². The predicted octanol–water partition coefficient (Wildman–Crippen LogP) is 2.32. The summed E-state index contributed by atoms with van der Waals surface area (Å²) in [6.45, 7) is 7.82. The number of nitrogens with one attached hydrogen (secondary N) is 1. The minimum absolute atomic E-state index is 0.241. The van der Waals surface area contributed by atoms with Gasteiger partial charge in [-0.05, 0) is 38.7 Å². The maximum Gasteiger partial charge on any atom is 0.316 e. The van der Waals surface area contributed by atoms with Crippen molar-refractivity contribution in [3.8, 4) is 0 Å². The molecule has 1 rings (SSSR count). The van der Waals surface area contributed by atoms with Gasteiger partial charge in [0.05, 0.1) is 12.0 Å². The highest BCUT2D eigenvalue weighted by atomic mass is 16.5. The summed E-state index contributed by atoms with van der Waals surface area (Å²) in [5.41, 5.74) is 0.458. The van der Waals surface area contributed by atoms with Gasteiger partial charge in [0.2, 0.25) is 0 Å². The average Bonchev–Trinajstić information content (AvgIpc) is 2.14. The van der Waals surface area contributed by atoms with E-state index in [1.165, 1.54) is 0 Å². The van der Waals surface area contributed by atoms with Gasteiger partial charge in [-0.2, -0.15) is 0 Å². The molecule has 1 aliphatic carbocycles. The number of ether oxygens (including phenoxy) is 1. The average molecular weight is 195 g/mol. The number of esters is 1. The first-order valence-corrected chi connectivity index (χ1v) is 4.96. The molecule has 1 saturated carbocycles. The lowest BCUT2D eigenvalue weighted by atomic mass is 9.71. The first-order chi connectivity index (χ1) is 6.52. The zero-order valence-corrected chi connectivity index (χ0v) is 8.85. The van der Waals surface area contributed by atoms with Gasteiger partial charge in [-0.15, -0.1) is 0 Å². The van der Waals surface area contributed by atoms with Crippen molar-refractivity contribution < 1.29 is 9.53 Å². The molecule has 0 radical (unpaired) electrons. The molecule has 1 fully saturated rings. The van der Waals surface area contributed by atoms with Crippen molar-refractivity contribution in [3.05, 3.63) is 12.2 Å². The molecular weight excluding hydrogens is 178 g/mol. The van der Waals surface area contributed by atoms with Crippen LogP contribution in [0.3, 0.4) is 0 Å². The third-order valence-electron chi connectivity index (χ3n) is 2.86. The fraction of sp³-hybridized carbons (Fsp3) is 0.636. The maximum absolute atomic E-state index is 11.7. The van der Waals surface area contributed by atoms with Gasteiger partial charge in [0.15, 0.2) is 0 Å². The fourth-order valence-electron chi connectivity index (χ4n) is 1.77. The van der Waals surface area contributed by atoms with Crippen molar-refractivity contribution >= 4 is 11.7 Å². The SMILES string of the molecule is C=C1C(=N)CCCC1(C)C(=O)OCC. The van der Waals surface area contributed by atoms with Gasteiger partial charge < -0.3 is 10.1 Å². The van der Waals surface area contributed by atoms with Crippen LogP contribution in [-0.4, -0.2) is 18.3 Å². The van der Waals surface area contributed by atoms with E-state index in [4.69, 9.17) is 10.1 Å². The zero-order valence-electron chi connectivity index (χ0n) is 8.85. The standard InChI is InChI=1S/C11H17NO2/c1-4-14-10(13)11(3)7-5-6-9(12)8(11)2/h12H,2,4-7H2,1,3H3. The minimum Gasteiger partial charge on any atom is -0.465 e. The molecule has 0 heterocycles. The summed E-state index contributed by atoms with van der Waals surface area (Å²) in [5, 5.41) is 7.67. The predicted molar refractivity (Wildman–Crippen MR) is 55.5 cm³/mol. The highest BCUT2D eigenvalue weighted by molar-refractivity contribution is 6.04. The summed E-state index contributed by atoms with van der Waals surface area (Å²) < 4.78 is 5.01. The van der Waals surface area contributed by atoms with Crippen LogP contribution in [0.4, 0.5) is 0 Å². The number of rotatable bonds is 2. The fourth-order valence-corrected chi connectivity index (χ4v) is 1.77. The third kappa shape index (κ3) is 1.72. The highest BCUT2D eigenvalue weighted by Gasteiger charge is 2.41. The van der Waals surface area contributed by atoms with Crippen LogP contribution >= 0.6 is 0 Å². The summed E-state index contributed by atoms with van der Waals surface area (Å²) in [7, 11) is 0. The quantitative estimate of drug-likeness (QED) is 0.687. The summed E-state index contributed by atoms with van der Waals surface area (Å²) in [4.78, 5) is 11.7. The Bertz CT molecular complexity index is 283. The summed E-state index contributed by atoms with van der Waals surface area (Å²) >= 11 is 0. The number of carbonyl (C=O) groups is 1. The Morgan fingerprint density at radius 3 is 2.93 bits per heavy atom. The Kier molecular flexibility index (Phi) is 3.09. The van der Waals surface area contributed by atoms with E-state index in [1.54, 1.807) is 6.92 Å². The summed E-state index contributed by atoms with van der Waals surface area (Å²) in [6, 6.07) is 0. The normalized spacial score (nSPS) is 27.6. The second-order valence-electron chi connectivity index (χ2n) is 3.86. The second-order valence-corrected chi connectivity index (χ2v) is 3.86. The lowest BCUT2D eigenvalue weighted by Gasteiger charge is -2.33. The zero-order chi connectivity index (χ0) is 10.8. The molecule has 0 saturated heterocycles. The molecule has 3 nitrogen and oxygen atoms in total. The lowest BCUT2D eigenvalue weighted by Crippen LogP contribution is -2.37. The molecule has 1 unspecified atom stereocenters. The first-order valence-electron chi connectivity index (χ1n) is 4.96.